The molecular weight excluding hydrogens is 246 g/mol. The van der Waals surface area contributed by atoms with E-state index in [1.807, 2.05) is 12.3 Å². The van der Waals surface area contributed by atoms with Gasteiger partial charge in [0.25, 0.3) is 0 Å². The van der Waals surface area contributed by atoms with E-state index >= 15 is 0 Å². The molecule has 20 heavy (non-hydrogen) atoms. The molecule has 1 saturated carbocycles. The van der Waals surface area contributed by atoms with Gasteiger partial charge in [0.2, 0.25) is 0 Å². The van der Waals surface area contributed by atoms with Crippen LogP contribution >= 0.6 is 0 Å². The van der Waals surface area contributed by atoms with Crippen LogP contribution in [0.2, 0.25) is 0 Å². The maximum absolute atomic E-state index is 6.11. The molecule has 0 radical (unpaired) electrons. The number of fused-ring (bicyclic) bond motifs is 3. The highest BCUT2D eigenvalue weighted by Crippen LogP contribution is 2.41. The van der Waals surface area contributed by atoms with Crippen LogP contribution in [0.3, 0.4) is 0 Å². The van der Waals surface area contributed by atoms with Crippen LogP contribution in [0.25, 0.3) is 21.9 Å². The second kappa shape index (κ2) is 4.32. The van der Waals surface area contributed by atoms with E-state index in [0.29, 0.717) is 0 Å². The molecule has 0 amide bonds. The molecular formula is C17H19N3. The normalized spacial score (nSPS) is 18.1. The number of pyridine rings is 1. The lowest BCUT2D eigenvalue weighted by Gasteiger charge is -2.28. The van der Waals surface area contributed by atoms with E-state index in [1.165, 1.54) is 42.0 Å². The number of rotatable bonds is 2. The van der Waals surface area contributed by atoms with Crippen LogP contribution in [0.1, 0.15) is 31.2 Å². The molecule has 0 bridgehead atoms. The van der Waals surface area contributed by atoms with Gasteiger partial charge in [-0.1, -0.05) is 18.9 Å². The molecule has 3 nitrogen and oxygen atoms in total. The highest BCUT2D eigenvalue weighted by atomic mass is 14.8. The van der Waals surface area contributed by atoms with E-state index in [1.54, 1.807) is 0 Å². The molecule has 0 atom stereocenters. The van der Waals surface area contributed by atoms with Gasteiger partial charge in [0, 0.05) is 34.4 Å². The van der Waals surface area contributed by atoms with E-state index < -0.39 is 0 Å². The van der Waals surface area contributed by atoms with Gasteiger partial charge in [-0.3, -0.25) is 0 Å². The number of hydrogen-bond donors (Lipinski definition) is 2. The first-order valence-electron chi connectivity index (χ1n) is 7.39. The Morgan fingerprint density at radius 3 is 2.80 bits per heavy atom. The predicted molar refractivity (Wildman–Crippen MR) is 82.8 cm³/mol. The maximum Gasteiger partial charge on any atom is 0.138 e. The van der Waals surface area contributed by atoms with Gasteiger partial charge < -0.3 is 10.7 Å². The lowest BCUT2D eigenvalue weighted by atomic mass is 9.78. The zero-order valence-corrected chi connectivity index (χ0v) is 11.5. The molecule has 0 unspecified atom stereocenters. The number of aromatic amines is 1. The predicted octanol–water partition coefficient (Wildman–Crippen LogP) is 3.49. The second-order valence-corrected chi connectivity index (χ2v) is 5.98. The van der Waals surface area contributed by atoms with Crippen molar-refractivity contribution in [3.05, 3.63) is 42.1 Å². The molecule has 1 aromatic carbocycles. The Hall–Kier alpha value is -1.87. The molecule has 1 aliphatic rings. The topological polar surface area (TPSA) is 54.7 Å². The van der Waals surface area contributed by atoms with Crippen molar-refractivity contribution in [3.63, 3.8) is 0 Å². The number of nitrogens with one attached hydrogen (secondary N) is 1. The van der Waals surface area contributed by atoms with Crippen molar-refractivity contribution in [2.75, 3.05) is 6.54 Å². The van der Waals surface area contributed by atoms with Crippen molar-refractivity contribution in [1.82, 2.24) is 9.97 Å². The van der Waals surface area contributed by atoms with Gasteiger partial charge in [0.05, 0.1) is 0 Å². The summed E-state index contributed by atoms with van der Waals surface area (Å²) in [6.45, 7) is 0.749. The minimum absolute atomic E-state index is 0.194. The minimum atomic E-state index is 0.194. The van der Waals surface area contributed by atoms with Gasteiger partial charge in [-0.05, 0) is 42.7 Å². The fraction of sp³-hybridized carbons (Fsp3) is 0.353. The number of nitrogens with two attached hydrogens (primary N) is 1. The Balaban J connectivity index is 1.95. The van der Waals surface area contributed by atoms with E-state index in [0.717, 1.165) is 17.7 Å². The zero-order valence-electron chi connectivity index (χ0n) is 11.5. The summed E-state index contributed by atoms with van der Waals surface area (Å²) in [5.74, 6) is 0. The van der Waals surface area contributed by atoms with Gasteiger partial charge >= 0.3 is 0 Å². The maximum atomic E-state index is 6.11. The fourth-order valence-electron chi connectivity index (χ4n) is 3.72. The van der Waals surface area contributed by atoms with Crippen molar-refractivity contribution in [2.24, 2.45) is 5.73 Å². The summed E-state index contributed by atoms with van der Waals surface area (Å²) in [6.07, 6.45) is 6.86. The van der Waals surface area contributed by atoms with Crippen LogP contribution in [-0.2, 0) is 5.41 Å². The van der Waals surface area contributed by atoms with E-state index in [2.05, 4.69) is 34.2 Å². The van der Waals surface area contributed by atoms with Gasteiger partial charge in [-0.15, -0.1) is 0 Å². The molecule has 0 aliphatic heterocycles. The largest absolute Gasteiger partial charge is 0.339 e. The van der Waals surface area contributed by atoms with Crippen LogP contribution in [0, 0.1) is 0 Å². The van der Waals surface area contributed by atoms with Crippen LogP contribution < -0.4 is 5.73 Å². The molecule has 3 N–H and O–H groups in total. The Morgan fingerprint density at radius 2 is 2.00 bits per heavy atom. The van der Waals surface area contributed by atoms with Gasteiger partial charge in [0.15, 0.2) is 0 Å². The third-order valence-corrected chi connectivity index (χ3v) is 4.93. The van der Waals surface area contributed by atoms with Crippen molar-refractivity contribution in [3.8, 4) is 0 Å². The molecule has 2 heterocycles. The van der Waals surface area contributed by atoms with E-state index in [-0.39, 0.29) is 5.41 Å². The molecule has 4 rings (SSSR count). The fourth-order valence-corrected chi connectivity index (χ4v) is 3.72. The van der Waals surface area contributed by atoms with Crippen LogP contribution in [0.4, 0.5) is 0 Å². The first-order valence-corrected chi connectivity index (χ1v) is 7.39. The minimum Gasteiger partial charge on any atom is -0.339 e. The third-order valence-electron chi connectivity index (χ3n) is 4.93. The average Bonchev–Trinajstić information content (AvgIpc) is 3.12. The van der Waals surface area contributed by atoms with Gasteiger partial charge in [-0.25, -0.2) is 4.98 Å². The zero-order chi connectivity index (χ0) is 13.6. The Labute approximate surface area is 118 Å². The number of nitrogens with zero attached hydrogens (tertiary/aromatic N) is 1. The third kappa shape index (κ3) is 1.59. The van der Waals surface area contributed by atoms with Crippen molar-refractivity contribution < 1.29 is 0 Å². The summed E-state index contributed by atoms with van der Waals surface area (Å²) >= 11 is 0. The molecule has 1 fully saturated rings. The second-order valence-electron chi connectivity index (χ2n) is 5.98. The molecule has 0 spiro atoms. The van der Waals surface area contributed by atoms with Crippen molar-refractivity contribution in [2.45, 2.75) is 31.1 Å². The number of aromatic nitrogens is 2. The monoisotopic (exact) mass is 265 g/mol. The van der Waals surface area contributed by atoms with Crippen LogP contribution in [0.5, 0.6) is 0 Å². The molecule has 0 saturated heterocycles. The smallest absolute Gasteiger partial charge is 0.138 e. The Morgan fingerprint density at radius 1 is 1.15 bits per heavy atom. The van der Waals surface area contributed by atoms with Crippen molar-refractivity contribution >= 4 is 21.9 Å². The van der Waals surface area contributed by atoms with Gasteiger partial charge in [-0.2, -0.15) is 0 Å². The molecule has 3 heteroatoms. The Bertz CT molecular complexity index is 766. The highest BCUT2D eigenvalue weighted by Gasteiger charge is 2.34. The molecule has 102 valence electrons. The summed E-state index contributed by atoms with van der Waals surface area (Å²) in [5.41, 5.74) is 9.83. The number of benzene rings is 1. The highest BCUT2D eigenvalue weighted by molar-refractivity contribution is 6.06. The Kier molecular flexibility index (Phi) is 2.57. The lowest BCUT2D eigenvalue weighted by Crippen LogP contribution is -2.31. The molecule has 3 aromatic rings. The first-order chi connectivity index (χ1) is 9.82. The van der Waals surface area contributed by atoms with Crippen molar-refractivity contribution in [1.29, 1.82) is 0 Å². The summed E-state index contributed by atoms with van der Waals surface area (Å²) in [6, 6.07) is 10.9. The molecule has 2 aromatic heterocycles. The first kappa shape index (κ1) is 11.9. The quantitative estimate of drug-likeness (QED) is 0.745. The lowest BCUT2D eigenvalue weighted by molar-refractivity contribution is 0.453. The van der Waals surface area contributed by atoms with E-state index in [4.69, 9.17) is 5.73 Å². The number of hydrogen-bond acceptors (Lipinski definition) is 2. The van der Waals surface area contributed by atoms with Crippen LogP contribution in [-0.4, -0.2) is 16.5 Å². The summed E-state index contributed by atoms with van der Waals surface area (Å²) in [5, 5.41) is 2.47. The van der Waals surface area contributed by atoms with Gasteiger partial charge in [0.1, 0.15) is 5.65 Å². The van der Waals surface area contributed by atoms with E-state index in [9.17, 15) is 0 Å². The molecule has 1 aliphatic carbocycles. The summed E-state index contributed by atoms with van der Waals surface area (Å²) in [4.78, 5) is 7.79. The summed E-state index contributed by atoms with van der Waals surface area (Å²) < 4.78 is 0. The standard InChI is InChI=1S/C17H19N3/c18-11-17(7-1-2-8-17)12-5-6-15-14(10-12)13-4-3-9-19-16(13)20-15/h3-6,9-10H,1-2,7-8,11,18H2,(H,19,20). The SMILES string of the molecule is NCC1(c2ccc3[nH]c4ncccc4c3c2)CCCC1. The average molecular weight is 265 g/mol. The van der Waals surface area contributed by atoms with Crippen LogP contribution in [0.15, 0.2) is 36.5 Å². The number of H-pyrrole nitrogens is 1. The summed E-state index contributed by atoms with van der Waals surface area (Å²) in [7, 11) is 0.